The number of rotatable bonds is 1. The van der Waals surface area contributed by atoms with Gasteiger partial charge in [0, 0.05) is 36.4 Å². The predicted octanol–water partition coefficient (Wildman–Crippen LogP) is 2.84. The SMILES string of the molecule is CC1CCCn2c1cnc2-c1cccnc1. The van der Waals surface area contributed by atoms with Gasteiger partial charge in [0.05, 0.1) is 0 Å². The van der Waals surface area contributed by atoms with E-state index in [2.05, 4.69) is 27.5 Å². The standard InChI is InChI=1S/C13H15N3/c1-10-4-3-7-16-12(10)9-15-13(16)11-5-2-6-14-8-11/h2,5-6,8-10H,3-4,7H2,1H3. The molecule has 1 atom stereocenters. The number of pyridine rings is 1. The third-order valence-electron chi connectivity index (χ3n) is 3.33. The van der Waals surface area contributed by atoms with E-state index in [0.29, 0.717) is 5.92 Å². The highest BCUT2D eigenvalue weighted by Gasteiger charge is 2.20. The van der Waals surface area contributed by atoms with Gasteiger partial charge in [-0.3, -0.25) is 4.98 Å². The van der Waals surface area contributed by atoms with Crippen LogP contribution < -0.4 is 0 Å². The molecule has 3 heteroatoms. The van der Waals surface area contributed by atoms with Crippen molar-refractivity contribution in [3.63, 3.8) is 0 Å². The van der Waals surface area contributed by atoms with E-state index in [1.807, 2.05) is 18.5 Å². The summed E-state index contributed by atoms with van der Waals surface area (Å²) < 4.78 is 2.34. The first-order chi connectivity index (χ1) is 7.86. The Morgan fingerprint density at radius 2 is 2.31 bits per heavy atom. The smallest absolute Gasteiger partial charge is 0.141 e. The van der Waals surface area contributed by atoms with Gasteiger partial charge in [0.2, 0.25) is 0 Å². The minimum atomic E-state index is 0.631. The summed E-state index contributed by atoms with van der Waals surface area (Å²) in [6, 6.07) is 4.03. The largest absolute Gasteiger partial charge is 0.328 e. The van der Waals surface area contributed by atoms with Crippen molar-refractivity contribution < 1.29 is 0 Å². The van der Waals surface area contributed by atoms with Gasteiger partial charge in [-0.15, -0.1) is 0 Å². The second-order valence-corrected chi connectivity index (χ2v) is 4.44. The zero-order valence-corrected chi connectivity index (χ0v) is 9.43. The Hall–Kier alpha value is -1.64. The summed E-state index contributed by atoms with van der Waals surface area (Å²) in [5.74, 6) is 1.70. The summed E-state index contributed by atoms with van der Waals surface area (Å²) in [6.07, 6.45) is 8.23. The van der Waals surface area contributed by atoms with E-state index in [1.54, 1.807) is 6.20 Å². The Morgan fingerprint density at radius 1 is 1.38 bits per heavy atom. The Bertz CT molecular complexity index is 487. The zero-order valence-electron chi connectivity index (χ0n) is 9.43. The molecule has 0 saturated carbocycles. The van der Waals surface area contributed by atoms with Crippen LogP contribution in [0.4, 0.5) is 0 Å². The lowest BCUT2D eigenvalue weighted by atomic mass is 9.98. The van der Waals surface area contributed by atoms with Crippen LogP contribution in [-0.4, -0.2) is 14.5 Å². The molecular formula is C13H15N3. The molecular weight excluding hydrogens is 198 g/mol. The molecule has 0 radical (unpaired) electrons. The third-order valence-corrected chi connectivity index (χ3v) is 3.33. The maximum absolute atomic E-state index is 4.54. The van der Waals surface area contributed by atoms with E-state index >= 15 is 0 Å². The molecule has 0 aliphatic carbocycles. The molecule has 82 valence electrons. The first-order valence-electron chi connectivity index (χ1n) is 5.82. The van der Waals surface area contributed by atoms with Crippen LogP contribution in [0.2, 0.25) is 0 Å². The molecule has 0 aromatic carbocycles. The average molecular weight is 213 g/mol. The van der Waals surface area contributed by atoms with Crippen molar-refractivity contribution in [3.8, 4) is 11.4 Å². The van der Waals surface area contributed by atoms with Crippen molar-refractivity contribution in [1.29, 1.82) is 0 Å². The van der Waals surface area contributed by atoms with Gasteiger partial charge in [-0.2, -0.15) is 0 Å². The van der Waals surface area contributed by atoms with Gasteiger partial charge in [0.15, 0.2) is 0 Å². The van der Waals surface area contributed by atoms with Gasteiger partial charge in [0.25, 0.3) is 0 Å². The number of nitrogens with zero attached hydrogens (tertiary/aromatic N) is 3. The summed E-state index contributed by atoms with van der Waals surface area (Å²) in [7, 11) is 0. The Labute approximate surface area is 95.2 Å². The molecule has 3 nitrogen and oxygen atoms in total. The molecule has 3 rings (SSSR count). The van der Waals surface area contributed by atoms with Crippen molar-refractivity contribution in [2.24, 2.45) is 0 Å². The second kappa shape index (κ2) is 3.74. The molecule has 1 unspecified atom stereocenters. The lowest BCUT2D eigenvalue weighted by molar-refractivity contribution is 0.478. The molecule has 0 fully saturated rings. The molecule has 2 aromatic rings. The fourth-order valence-electron chi connectivity index (χ4n) is 2.45. The molecule has 0 amide bonds. The van der Waals surface area contributed by atoms with Crippen LogP contribution >= 0.6 is 0 Å². The van der Waals surface area contributed by atoms with Crippen LogP contribution in [0.1, 0.15) is 31.4 Å². The molecule has 3 heterocycles. The maximum atomic E-state index is 4.54. The quantitative estimate of drug-likeness (QED) is 0.729. The van der Waals surface area contributed by atoms with Gasteiger partial charge in [-0.05, 0) is 30.9 Å². The molecule has 2 aromatic heterocycles. The summed E-state index contributed by atoms with van der Waals surface area (Å²) >= 11 is 0. The summed E-state index contributed by atoms with van der Waals surface area (Å²) in [4.78, 5) is 8.70. The Morgan fingerprint density at radius 3 is 3.12 bits per heavy atom. The maximum Gasteiger partial charge on any atom is 0.141 e. The van der Waals surface area contributed by atoms with E-state index < -0.39 is 0 Å². The van der Waals surface area contributed by atoms with Crippen LogP contribution in [0.5, 0.6) is 0 Å². The molecule has 1 aliphatic heterocycles. The monoisotopic (exact) mass is 213 g/mol. The van der Waals surface area contributed by atoms with Crippen molar-refractivity contribution >= 4 is 0 Å². The van der Waals surface area contributed by atoms with Crippen LogP contribution in [-0.2, 0) is 6.54 Å². The number of hydrogen-bond donors (Lipinski definition) is 0. The number of fused-ring (bicyclic) bond motifs is 1. The minimum Gasteiger partial charge on any atom is -0.328 e. The Balaban J connectivity index is 2.10. The highest BCUT2D eigenvalue weighted by atomic mass is 15.1. The van der Waals surface area contributed by atoms with Crippen molar-refractivity contribution in [2.45, 2.75) is 32.2 Å². The van der Waals surface area contributed by atoms with E-state index in [9.17, 15) is 0 Å². The Kier molecular flexibility index (Phi) is 2.24. The average Bonchev–Trinajstić information content (AvgIpc) is 2.75. The predicted molar refractivity (Wildman–Crippen MR) is 63.1 cm³/mol. The van der Waals surface area contributed by atoms with Crippen molar-refractivity contribution in [3.05, 3.63) is 36.4 Å². The highest BCUT2D eigenvalue weighted by molar-refractivity contribution is 5.54. The number of hydrogen-bond acceptors (Lipinski definition) is 2. The first-order valence-corrected chi connectivity index (χ1v) is 5.82. The lowest BCUT2D eigenvalue weighted by Gasteiger charge is -2.22. The van der Waals surface area contributed by atoms with Gasteiger partial charge in [0.1, 0.15) is 5.82 Å². The summed E-state index contributed by atoms with van der Waals surface area (Å²) in [5, 5.41) is 0. The van der Waals surface area contributed by atoms with Crippen molar-refractivity contribution in [1.82, 2.24) is 14.5 Å². The lowest BCUT2D eigenvalue weighted by Crippen LogP contribution is -2.13. The molecule has 16 heavy (non-hydrogen) atoms. The van der Waals surface area contributed by atoms with Gasteiger partial charge >= 0.3 is 0 Å². The second-order valence-electron chi connectivity index (χ2n) is 4.44. The van der Waals surface area contributed by atoms with Gasteiger partial charge in [-0.1, -0.05) is 6.92 Å². The zero-order chi connectivity index (χ0) is 11.0. The summed E-state index contributed by atoms with van der Waals surface area (Å²) in [5.41, 5.74) is 2.48. The van der Waals surface area contributed by atoms with Crippen LogP contribution in [0.3, 0.4) is 0 Å². The van der Waals surface area contributed by atoms with Crippen molar-refractivity contribution in [2.75, 3.05) is 0 Å². The molecule has 0 spiro atoms. The number of aromatic nitrogens is 3. The molecule has 0 N–H and O–H groups in total. The fraction of sp³-hybridized carbons (Fsp3) is 0.385. The van der Waals surface area contributed by atoms with Crippen LogP contribution in [0, 0.1) is 0 Å². The highest BCUT2D eigenvalue weighted by Crippen LogP contribution is 2.30. The fourth-order valence-corrected chi connectivity index (χ4v) is 2.45. The normalized spacial score (nSPS) is 19.4. The molecule has 0 saturated heterocycles. The van der Waals surface area contributed by atoms with E-state index in [-0.39, 0.29) is 0 Å². The summed E-state index contributed by atoms with van der Waals surface area (Å²) in [6.45, 7) is 3.36. The minimum absolute atomic E-state index is 0.631. The van der Waals surface area contributed by atoms with Gasteiger partial charge in [-0.25, -0.2) is 4.98 Å². The topological polar surface area (TPSA) is 30.7 Å². The van der Waals surface area contributed by atoms with E-state index in [4.69, 9.17) is 0 Å². The number of imidazole rings is 1. The van der Waals surface area contributed by atoms with Crippen LogP contribution in [0.25, 0.3) is 11.4 Å². The molecule has 0 bridgehead atoms. The first kappa shape index (κ1) is 9.58. The van der Waals surface area contributed by atoms with E-state index in [0.717, 1.165) is 17.9 Å². The molecule has 1 aliphatic rings. The van der Waals surface area contributed by atoms with E-state index in [1.165, 1.54) is 18.5 Å². The van der Waals surface area contributed by atoms with Crippen LogP contribution in [0.15, 0.2) is 30.7 Å². The third kappa shape index (κ3) is 1.43. The van der Waals surface area contributed by atoms with Gasteiger partial charge < -0.3 is 4.57 Å².